The lowest BCUT2D eigenvalue weighted by atomic mass is 10.2. The number of hydrogen-bond donors (Lipinski definition) is 2. The van der Waals surface area contributed by atoms with Gasteiger partial charge in [0.25, 0.3) is 0 Å². The first-order valence-electron chi connectivity index (χ1n) is 5.09. The van der Waals surface area contributed by atoms with Crippen LogP contribution in [-0.4, -0.2) is 27.8 Å². The zero-order valence-electron chi connectivity index (χ0n) is 10.2. The summed E-state index contributed by atoms with van der Waals surface area (Å²) in [6.07, 6.45) is -0.714. The number of carboxylic acid groups (broad SMARTS) is 1. The second-order valence-electron chi connectivity index (χ2n) is 4.46. The van der Waals surface area contributed by atoms with Crippen LogP contribution in [0.5, 0.6) is 0 Å². The third-order valence-corrected chi connectivity index (χ3v) is 1.98. The topological polar surface area (TPSA) is 88.5 Å². The smallest absolute Gasteiger partial charge is 0.413 e. The van der Waals surface area contributed by atoms with Crippen LogP contribution < -0.4 is 5.32 Å². The molecule has 0 fully saturated rings. The maximum atomic E-state index is 11.4. The first-order valence-corrected chi connectivity index (χ1v) is 5.46. The molecule has 98 valence electrons. The van der Waals surface area contributed by atoms with Gasteiger partial charge in [0.05, 0.1) is 5.02 Å². The maximum absolute atomic E-state index is 11.4. The average molecular weight is 273 g/mol. The summed E-state index contributed by atoms with van der Waals surface area (Å²) in [6.45, 7) is 5.14. The van der Waals surface area contributed by atoms with E-state index in [1.165, 1.54) is 12.1 Å². The average Bonchev–Trinajstić information content (AvgIpc) is 2.17. The summed E-state index contributed by atoms with van der Waals surface area (Å²) in [5, 5.41) is 11.1. The molecule has 0 radical (unpaired) electrons. The second kappa shape index (κ2) is 5.22. The molecular weight excluding hydrogens is 260 g/mol. The SMILES string of the molecule is CC(C)(C)OC(=O)Nc1ccc(Cl)c(C(=O)O)n1. The molecule has 2 N–H and O–H groups in total. The summed E-state index contributed by atoms with van der Waals surface area (Å²) in [7, 11) is 0. The Morgan fingerprint density at radius 3 is 2.50 bits per heavy atom. The number of carboxylic acids is 1. The molecule has 1 rings (SSSR count). The van der Waals surface area contributed by atoms with Gasteiger partial charge in [-0.2, -0.15) is 0 Å². The van der Waals surface area contributed by atoms with E-state index in [0.717, 1.165) is 0 Å². The van der Waals surface area contributed by atoms with Gasteiger partial charge in [-0.1, -0.05) is 11.6 Å². The van der Waals surface area contributed by atoms with Crippen LogP contribution in [0.15, 0.2) is 12.1 Å². The lowest BCUT2D eigenvalue weighted by Crippen LogP contribution is -2.27. The number of halogens is 1. The molecule has 1 amide bonds. The molecule has 0 aliphatic rings. The van der Waals surface area contributed by atoms with Crippen molar-refractivity contribution in [1.29, 1.82) is 0 Å². The number of rotatable bonds is 2. The van der Waals surface area contributed by atoms with Gasteiger partial charge in [-0.15, -0.1) is 0 Å². The summed E-state index contributed by atoms with van der Waals surface area (Å²) in [4.78, 5) is 25.9. The summed E-state index contributed by atoms with van der Waals surface area (Å²) in [5.41, 5.74) is -0.975. The fourth-order valence-electron chi connectivity index (χ4n) is 1.07. The number of nitrogens with one attached hydrogen (secondary N) is 1. The Hall–Kier alpha value is -1.82. The van der Waals surface area contributed by atoms with Crippen LogP contribution in [0.1, 0.15) is 31.3 Å². The predicted octanol–water partition coefficient (Wildman–Crippen LogP) is 2.78. The zero-order valence-corrected chi connectivity index (χ0v) is 10.9. The molecule has 0 aliphatic heterocycles. The molecule has 0 unspecified atom stereocenters. The van der Waals surface area contributed by atoms with E-state index in [4.69, 9.17) is 21.4 Å². The van der Waals surface area contributed by atoms with Crippen LogP contribution in [0.2, 0.25) is 5.02 Å². The number of ether oxygens (including phenoxy) is 1. The van der Waals surface area contributed by atoms with E-state index in [1.54, 1.807) is 20.8 Å². The number of aromatic carboxylic acids is 1. The fourth-order valence-corrected chi connectivity index (χ4v) is 1.26. The molecule has 0 aromatic carbocycles. The highest BCUT2D eigenvalue weighted by molar-refractivity contribution is 6.33. The van der Waals surface area contributed by atoms with Crippen LogP contribution in [-0.2, 0) is 4.74 Å². The Balaban J connectivity index is 2.83. The van der Waals surface area contributed by atoms with Crippen LogP contribution in [0.3, 0.4) is 0 Å². The number of nitrogens with zero attached hydrogens (tertiary/aromatic N) is 1. The highest BCUT2D eigenvalue weighted by Crippen LogP contribution is 2.17. The van der Waals surface area contributed by atoms with Crippen molar-refractivity contribution in [3.05, 3.63) is 22.8 Å². The Kier molecular flexibility index (Phi) is 4.13. The van der Waals surface area contributed by atoms with Gasteiger partial charge < -0.3 is 9.84 Å². The fraction of sp³-hybridized carbons (Fsp3) is 0.364. The molecule has 0 saturated carbocycles. The molecule has 0 spiro atoms. The Morgan fingerprint density at radius 2 is 2.00 bits per heavy atom. The van der Waals surface area contributed by atoms with Gasteiger partial charge >= 0.3 is 12.1 Å². The molecule has 1 heterocycles. The van der Waals surface area contributed by atoms with Crippen molar-refractivity contribution in [2.45, 2.75) is 26.4 Å². The number of anilines is 1. The van der Waals surface area contributed by atoms with Gasteiger partial charge in [0.2, 0.25) is 0 Å². The van der Waals surface area contributed by atoms with E-state index >= 15 is 0 Å². The van der Waals surface area contributed by atoms with Gasteiger partial charge in [-0.3, -0.25) is 5.32 Å². The minimum absolute atomic E-state index is 0.00256. The zero-order chi connectivity index (χ0) is 13.9. The highest BCUT2D eigenvalue weighted by Gasteiger charge is 2.18. The number of carbonyl (C=O) groups excluding carboxylic acids is 1. The third-order valence-electron chi connectivity index (χ3n) is 1.68. The molecule has 6 nitrogen and oxygen atoms in total. The molecule has 1 aromatic heterocycles. The monoisotopic (exact) mass is 272 g/mol. The van der Waals surface area contributed by atoms with Crippen LogP contribution in [0, 0.1) is 0 Å². The minimum Gasteiger partial charge on any atom is -0.476 e. The summed E-state index contributed by atoms with van der Waals surface area (Å²) >= 11 is 5.65. The van der Waals surface area contributed by atoms with E-state index in [-0.39, 0.29) is 16.5 Å². The summed E-state index contributed by atoms with van der Waals surface area (Å²) in [6, 6.07) is 2.73. The van der Waals surface area contributed by atoms with Gasteiger partial charge in [0, 0.05) is 0 Å². The first kappa shape index (κ1) is 14.2. The van der Waals surface area contributed by atoms with E-state index in [9.17, 15) is 9.59 Å². The lowest BCUT2D eigenvalue weighted by molar-refractivity contribution is 0.0631. The molecule has 0 atom stereocenters. The van der Waals surface area contributed by atoms with E-state index in [1.807, 2.05) is 0 Å². The van der Waals surface area contributed by atoms with Crippen LogP contribution in [0.4, 0.5) is 10.6 Å². The Morgan fingerprint density at radius 1 is 1.39 bits per heavy atom. The van der Waals surface area contributed by atoms with Crippen molar-refractivity contribution in [3.8, 4) is 0 Å². The number of carbonyl (C=O) groups is 2. The van der Waals surface area contributed by atoms with Crippen molar-refractivity contribution < 1.29 is 19.4 Å². The van der Waals surface area contributed by atoms with E-state index in [0.29, 0.717) is 0 Å². The quantitative estimate of drug-likeness (QED) is 0.864. The number of amides is 1. The molecule has 0 bridgehead atoms. The standard InChI is InChI=1S/C11H13ClN2O4/c1-11(2,3)18-10(17)14-7-5-4-6(12)8(13-7)9(15)16/h4-5H,1-3H3,(H,15,16)(H,13,14,17). The summed E-state index contributed by atoms with van der Waals surface area (Å²) < 4.78 is 5.00. The van der Waals surface area contributed by atoms with Gasteiger partial charge in [-0.05, 0) is 32.9 Å². The lowest BCUT2D eigenvalue weighted by Gasteiger charge is -2.19. The third kappa shape index (κ3) is 4.21. The van der Waals surface area contributed by atoms with Crippen molar-refractivity contribution in [3.63, 3.8) is 0 Å². The van der Waals surface area contributed by atoms with Crippen molar-refractivity contribution in [2.24, 2.45) is 0 Å². The van der Waals surface area contributed by atoms with Gasteiger partial charge in [0.1, 0.15) is 11.4 Å². The Bertz CT molecular complexity index is 482. The van der Waals surface area contributed by atoms with Gasteiger partial charge in [-0.25, -0.2) is 14.6 Å². The molecular formula is C11H13ClN2O4. The number of aromatic nitrogens is 1. The Labute approximate surface area is 109 Å². The summed E-state index contributed by atoms with van der Waals surface area (Å²) in [5.74, 6) is -1.21. The van der Waals surface area contributed by atoms with E-state index < -0.39 is 17.7 Å². The van der Waals surface area contributed by atoms with Gasteiger partial charge in [0.15, 0.2) is 5.69 Å². The molecule has 18 heavy (non-hydrogen) atoms. The van der Waals surface area contributed by atoms with Crippen LogP contribution >= 0.6 is 11.6 Å². The normalized spacial score (nSPS) is 10.9. The first-order chi connectivity index (χ1) is 8.19. The molecule has 7 heteroatoms. The van der Waals surface area contributed by atoms with Crippen molar-refractivity contribution in [1.82, 2.24) is 4.98 Å². The highest BCUT2D eigenvalue weighted by atomic mass is 35.5. The second-order valence-corrected chi connectivity index (χ2v) is 4.87. The number of hydrogen-bond acceptors (Lipinski definition) is 4. The largest absolute Gasteiger partial charge is 0.476 e. The predicted molar refractivity (Wildman–Crippen MR) is 66.1 cm³/mol. The molecule has 1 aromatic rings. The molecule has 0 aliphatic carbocycles. The maximum Gasteiger partial charge on any atom is 0.413 e. The van der Waals surface area contributed by atoms with Crippen LogP contribution in [0.25, 0.3) is 0 Å². The molecule has 0 saturated heterocycles. The van der Waals surface area contributed by atoms with Crippen molar-refractivity contribution >= 4 is 29.5 Å². The minimum atomic E-state index is -1.27. The number of pyridine rings is 1. The van der Waals surface area contributed by atoms with Crippen molar-refractivity contribution in [2.75, 3.05) is 5.32 Å². The van der Waals surface area contributed by atoms with E-state index in [2.05, 4.69) is 10.3 Å².